The first-order chi connectivity index (χ1) is 8.80. The molecule has 19 heavy (non-hydrogen) atoms. The van der Waals surface area contributed by atoms with Crippen molar-refractivity contribution >= 4 is 17.3 Å². The molecule has 0 atom stereocenters. The van der Waals surface area contributed by atoms with Crippen molar-refractivity contribution in [1.82, 2.24) is 9.78 Å². The van der Waals surface area contributed by atoms with Crippen LogP contribution in [0.2, 0.25) is 5.02 Å². The highest BCUT2D eigenvalue weighted by atomic mass is 35.5. The summed E-state index contributed by atoms with van der Waals surface area (Å²) in [4.78, 5) is 14.4. The molecule has 0 N–H and O–H groups in total. The van der Waals surface area contributed by atoms with Crippen LogP contribution >= 0.6 is 11.6 Å². The third kappa shape index (κ3) is 2.84. The molecule has 0 bridgehead atoms. The number of aromatic nitrogens is 2. The molecule has 0 radical (unpaired) electrons. The summed E-state index contributed by atoms with van der Waals surface area (Å²) in [5, 5.41) is 4.52. The highest BCUT2D eigenvalue weighted by Gasteiger charge is 2.22. The maximum absolute atomic E-state index is 12.3. The number of anilines is 1. The number of nitrogens with zero attached hydrogens (tertiary/aromatic N) is 3. The summed E-state index contributed by atoms with van der Waals surface area (Å²) in [7, 11) is 0. The monoisotopic (exact) mass is 281 g/mol. The number of hydrogen-bond acceptors (Lipinski definition) is 3. The lowest BCUT2D eigenvalue weighted by Crippen LogP contribution is -2.38. The third-order valence-corrected chi connectivity index (χ3v) is 3.70. The van der Waals surface area contributed by atoms with Crippen LogP contribution in [0.4, 0.5) is 5.69 Å². The minimum absolute atomic E-state index is 0.226. The SMILES string of the molecule is C=C1CCN(c2cnn(C(C)(C)C)c(=O)c2Cl)CC1. The van der Waals surface area contributed by atoms with Gasteiger partial charge in [-0.25, -0.2) is 4.68 Å². The Morgan fingerprint density at radius 2 is 1.89 bits per heavy atom. The first-order valence-electron chi connectivity index (χ1n) is 6.50. The molecule has 2 rings (SSSR count). The van der Waals surface area contributed by atoms with Gasteiger partial charge < -0.3 is 4.90 Å². The average molecular weight is 282 g/mol. The fraction of sp³-hybridized carbons (Fsp3) is 0.571. The molecule has 0 amide bonds. The molecule has 0 spiro atoms. The molecule has 1 aliphatic rings. The van der Waals surface area contributed by atoms with Gasteiger partial charge in [0.1, 0.15) is 5.02 Å². The molecule has 104 valence electrons. The molecule has 0 aliphatic carbocycles. The van der Waals surface area contributed by atoms with Crippen molar-refractivity contribution in [2.45, 2.75) is 39.2 Å². The summed E-state index contributed by atoms with van der Waals surface area (Å²) in [5.74, 6) is 0. The summed E-state index contributed by atoms with van der Waals surface area (Å²) in [5.41, 5.74) is 1.40. The van der Waals surface area contributed by atoms with Crippen molar-refractivity contribution in [3.8, 4) is 0 Å². The summed E-state index contributed by atoms with van der Waals surface area (Å²) in [6.07, 6.45) is 3.58. The Bertz CT molecular complexity index is 547. The minimum Gasteiger partial charge on any atom is -0.368 e. The van der Waals surface area contributed by atoms with E-state index >= 15 is 0 Å². The van der Waals surface area contributed by atoms with Gasteiger partial charge >= 0.3 is 0 Å². The van der Waals surface area contributed by atoms with Crippen LogP contribution in [0.1, 0.15) is 33.6 Å². The second-order valence-corrected chi connectivity index (χ2v) is 6.35. The second-order valence-electron chi connectivity index (χ2n) is 5.97. The van der Waals surface area contributed by atoms with Gasteiger partial charge in [-0.3, -0.25) is 4.79 Å². The second kappa shape index (κ2) is 5.00. The Morgan fingerprint density at radius 3 is 2.42 bits per heavy atom. The van der Waals surface area contributed by atoms with Crippen LogP contribution in [0.25, 0.3) is 0 Å². The van der Waals surface area contributed by atoms with Gasteiger partial charge in [0.15, 0.2) is 0 Å². The highest BCUT2D eigenvalue weighted by Crippen LogP contribution is 2.26. The Labute approximate surface area is 118 Å². The molecule has 4 nitrogen and oxygen atoms in total. The van der Waals surface area contributed by atoms with Gasteiger partial charge in [-0.15, -0.1) is 0 Å². The van der Waals surface area contributed by atoms with Crippen LogP contribution < -0.4 is 10.5 Å². The van der Waals surface area contributed by atoms with Gasteiger partial charge in [-0.1, -0.05) is 23.8 Å². The van der Waals surface area contributed by atoms with E-state index < -0.39 is 0 Å². The van der Waals surface area contributed by atoms with Crippen molar-refractivity contribution in [3.63, 3.8) is 0 Å². The maximum atomic E-state index is 12.3. The molecule has 1 fully saturated rings. The standard InChI is InChI=1S/C14H20ClN3O/c1-10-5-7-17(8-6-10)11-9-16-18(14(2,3)4)13(19)12(11)15/h9H,1,5-8H2,2-4H3. The maximum Gasteiger partial charge on any atom is 0.288 e. The van der Waals surface area contributed by atoms with E-state index in [0.29, 0.717) is 0 Å². The zero-order valence-electron chi connectivity index (χ0n) is 11.7. The molecular weight excluding hydrogens is 262 g/mol. The van der Waals surface area contributed by atoms with Crippen LogP contribution in [0.5, 0.6) is 0 Å². The summed E-state index contributed by atoms with van der Waals surface area (Å²) < 4.78 is 1.43. The van der Waals surface area contributed by atoms with Crippen LogP contribution in [-0.2, 0) is 5.54 Å². The molecule has 1 aliphatic heterocycles. The van der Waals surface area contributed by atoms with E-state index in [1.54, 1.807) is 6.20 Å². The molecule has 0 saturated carbocycles. The molecule has 2 heterocycles. The fourth-order valence-electron chi connectivity index (χ4n) is 2.19. The van der Waals surface area contributed by atoms with Crippen LogP contribution in [-0.4, -0.2) is 22.9 Å². The Hall–Kier alpha value is -1.29. The van der Waals surface area contributed by atoms with E-state index in [1.165, 1.54) is 10.3 Å². The predicted molar refractivity (Wildman–Crippen MR) is 79.1 cm³/mol. The lowest BCUT2D eigenvalue weighted by molar-refractivity contribution is 0.338. The van der Waals surface area contributed by atoms with Gasteiger partial charge in [0.05, 0.1) is 17.4 Å². The van der Waals surface area contributed by atoms with Crippen molar-refractivity contribution in [3.05, 3.63) is 33.7 Å². The number of halogens is 1. The minimum atomic E-state index is -0.366. The van der Waals surface area contributed by atoms with Gasteiger partial charge in [0.25, 0.3) is 5.56 Å². The van der Waals surface area contributed by atoms with Crippen molar-refractivity contribution in [2.75, 3.05) is 18.0 Å². The third-order valence-electron chi connectivity index (χ3n) is 3.35. The van der Waals surface area contributed by atoms with Crippen LogP contribution in [0.15, 0.2) is 23.1 Å². The topological polar surface area (TPSA) is 38.1 Å². The van der Waals surface area contributed by atoms with Crippen LogP contribution in [0.3, 0.4) is 0 Å². The molecule has 0 aromatic carbocycles. The van der Waals surface area contributed by atoms with E-state index in [-0.39, 0.29) is 16.1 Å². The number of piperidine rings is 1. The molecular formula is C14H20ClN3O. The van der Waals surface area contributed by atoms with Crippen molar-refractivity contribution in [2.24, 2.45) is 0 Å². The highest BCUT2D eigenvalue weighted by molar-refractivity contribution is 6.33. The quantitative estimate of drug-likeness (QED) is 0.743. The first kappa shape index (κ1) is 14.1. The van der Waals surface area contributed by atoms with E-state index in [2.05, 4.69) is 16.6 Å². The summed E-state index contributed by atoms with van der Waals surface area (Å²) in [6, 6.07) is 0. The molecule has 5 heteroatoms. The van der Waals surface area contributed by atoms with Crippen LogP contribution in [0, 0.1) is 0 Å². The predicted octanol–water partition coefficient (Wildman–Crippen LogP) is 2.81. The molecule has 1 aromatic heterocycles. The average Bonchev–Trinajstić information content (AvgIpc) is 2.32. The molecule has 0 unspecified atom stereocenters. The van der Waals surface area contributed by atoms with Crippen molar-refractivity contribution in [1.29, 1.82) is 0 Å². The van der Waals surface area contributed by atoms with Gasteiger partial charge in [-0.05, 0) is 33.6 Å². The number of hydrogen-bond donors (Lipinski definition) is 0. The molecule has 1 aromatic rings. The lowest BCUT2D eigenvalue weighted by Gasteiger charge is -2.31. The zero-order chi connectivity index (χ0) is 14.2. The lowest BCUT2D eigenvalue weighted by atomic mass is 10.1. The number of rotatable bonds is 1. The normalized spacial score (nSPS) is 16.8. The van der Waals surface area contributed by atoms with Gasteiger partial charge in [0, 0.05) is 13.1 Å². The molecule has 1 saturated heterocycles. The Balaban J connectivity index is 2.37. The van der Waals surface area contributed by atoms with Gasteiger partial charge in [0.2, 0.25) is 0 Å². The Morgan fingerprint density at radius 1 is 1.32 bits per heavy atom. The van der Waals surface area contributed by atoms with E-state index in [9.17, 15) is 4.79 Å². The first-order valence-corrected chi connectivity index (χ1v) is 6.88. The van der Waals surface area contributed by atoms with Gasteiger partial charge in [-0.2, -0.15) is 5.10 Å². The Kier molecular flexibility index (Phi) is 3.72. The van der Waals surface area contributed by atoms with Crippen molar-refractivity contribution < 1.29 is 0 Å². The summed E-state index contributed by atoms with van der Waals surface area (Å²) in [6.45, 7) is 11.5. The zero-order valence-corrected chi connectivity index (χ0v) is 12.5. The van der Waals surface area contributed by atoms with E-state index in [1.807, 2.05) is 20.8 Å². The summed E-state index contributed by atoms with van der Waals surface area (Å²) >= 11 is 6.24. The largest absolute Gasteiger partial charge is 0.368 e. The van der Waals surface area contributed by atoms with E-state index in [0.717, 1.165) is 31.6 Å². The smallest absolute Gasteiger partial charge is 0.288 e. The fourth-order valence-corrected chi connectivity index (χ4v) is 2.43. The van der Waals surface area contributed by atoms with E-state index in [4.69, 9.17) is 11.6 Å².